The normalized spacial score (nSPS) is 18.6. The van der Waals surface area contributed by atoms with E-state index >= 15 is 0 Å². The predicted octanol–water partition coefficient (Wildman–Crippen LogP) is 3.92. The standard InChI is InChI=1S/C22H24F2N2O2.ClH/c1-14-2-4-15(5-3-14)21(27)8-9-22(28)26-20-13-25-11-10-17(20)16-6-7-18(23)19(24)12-16;/h2-7,12,17,20,25H,8-11,13H2,1H3,(H,26,28);1H. The van der Waals surface area contributed by atoms with Crippen LogP contribution in [0.4, 0.5) is 8.78 Å². The second-order valence-electron chi connectivity index (χ2n) is 7.24. The topological polar surface area (TPSA) is 58.2 Å². The van der Waals surface area contributed by atoms with Crippen LogP contribution in [0.1, 0.15) is 46.7 Å². The molecule has 1 fully saturated rings. The van der Waals surface area contributed by atoms with Crippen LogP contribution >= 0.6 is 12.4 Å². The van der Waals surface area contributed by atoms with Gasteiger partial charge in [-0.3, -0.25) is 9.59 Å². The molecule has 1 aliphatic heterocycles. The van der Waals surface area contributed by atoms with E-state index in [2.05, 4.69) is 10.6 Å². The quantitative estimate of drug-likeness (QED) is 0.694. The Morgan fingerprint density at radius 3 is 2.48 bits per heavy atom. The molecule has 1 heterocycles. The van der Waals surface area contributed by atoms with Gasteiger partial charge in [0.25, 0.3) is 0 Å². The Hall–Kier alpha value is -2.31. The van der Waals surface area contributed by atoms with Gasteiger partial charge < -0.3 is 10.6 Å². The van der Waals surface area contributed by atoms with E-state index in [4.69, 9.17) is 0 Å². The maximum absolute atomic E-state index is 13.6. The minimum Gasteiger partial charge on any atom is -0.351 e. The number of rotatable bonds is 6. The van der Waals surface area contributed by atoms with Gasteiger partial charge in [0.1, 0.15) is 0 Å². The Kier molecular flexibility index (Phi) is 8.29. The van der Waals surface area contributed by atoms with Crippen LogP contribution < -0.4 is 10.6 Å². The Balaban J connectivity index is 0.00000300. The van der Waals surface area contributed by atoms with Crippen molar-refractivity contribution in [3.8, 4) is 0 Å². The van der Waals surface area contributed by atoms with E-state index in [0.717, 1.165) is 18.2 Å². The number of halogens is 3. The second-order valence-corrected chi connectivity index (χ2v) is 7.24. The molecule has 1 aliphatic rings. The van der Waals surface area contributed by atoms with Crippen molar-refractivity contribution in [1.29, 1.82) is 0 Å². The van der Waals surface area contributed by atoms with Crippen LogP contribution in [0.25, 0.3) is 0 Å². The fourth-order valence-electron chi connectivity index (χ4n) is 3.54. The summed E-state index contributed by atoms with van der Waals surface area (Å²) in [5, 5.41) is 6.16. The third-order valence-corrected chi connectivity index (χ3v) is 5.15. The van der Waals surface area contributed by atoms with Gasteiger partial charge in [0, 0.05) is 36.9 Å². The summed E-state index contributed by atoms with van der Waals surface area (Å²) in [5.74, 6) is -2.17. The van der Waals surface area contributed by atoms with Gasteiger partial charge in [-0.15, -0.1) is 12.4 Å². The van der Waals surface area contributed by atoms with Gasteiger partial charge in [0.2, 0.25) is 5.91 Å². The SMILES string of the molecule is Cc1ccc(C(=O)CCC(=O)NC2CNCCC2c2ccc(F)c(F)c2)cc1.Cl. The molecular formula is C22H25ClF2N2O2. The molecule has 2 unspecified atom stereocenters. The number of Topliss-reactive ketones (excluding diaryl/α,β-unsaturated/α-hetero) is 1. The van der Waals surface area contributed by atoms with Crippen LogP contribution in [0.5, 0.6) is 0 Å². The van der Waals surface area contributed by atoms with Gasteiger partial charge in [-0.1, -0.05) is 35.9 Å². The molecule has 0 saturated carbocycles. The molecule has 2 N–H and O–H groups in total. The molecule has 2 atom stereocenters. The molecule has 0 spiro atoms. The van der Waals surface area contributed by atoms with Crippen molar-refractivity contribution in [2.75, 3.05) is 13.1 Å². The predicted molar refractivity (Wildman–Crippen MR) is 111 cm³/mol. The second kappa shape index (κ2) is 10.5. The van der Waals surface area contributed by atoms with Crippen LogP contribution in [0.3, 0.4) is 0 Å². The summed E-state index contributed by atoms with van der Waals surface area (Å²) in [4.78, 5) is 24.6. The van der Waals surface area contributed by atoms with Crippen LogP contribution in [0.2, 0.25) is 0 Å². The van der Waals surface area contributed by atoms with E-state index in [9.17, 15) is 18.4 Å². The zero-order valence-corrected chi connectivity index (χ0v) is 17.0. The summed E-state index contributed by atoms with van der Waals surface area (Å²) in [6, 6.07) is 10.9. The van der Waals surface area contributed by atoms with Gasteiger partial charge in [0.15, 0.2) is 17.4 Å². The monoisotopic (exact) mass is 422 g/mol. The van der Waals surface area contributed by atoms with Gasteiger partial charge in [-0.05, 0) is 37.6 Å². The molecule has 0 radical (unpaired) electrons. The van der Waals surface area contributed by atoms with Crippen molar-refractivity contribution in [3.05, 3.63) is 70.8 Å². The summed E-state index contributed by atoms with van der Waals surface area (Å²) in [7, 11) is 0. The number of ketones is 1. The molecule has 4 nitrogen and oxygen atoms in total. The van der Waals surface area contributed by atoms with Gasteiger partial charge in [0.05, 0.1) is 0 Å². The summed E-state index contributed by atoms with van der Waals surface area (Å²) < 4.78 is 26.8. The van der Waals surface area contributed by atoms with Crippen molar-refractivity contribution < 1.29 is 18.4 Å². The molecule has 156 valence electrons. The van der Waals surface area contributed by atoms with E-state index in [-0.39, 0.29) is 48.9 Å². The number of hydrogen-bond acceptors (Lipinski definition) is 3. The van der Waals surface area contributed by atoms with Crippen LogP contribution in [0, 0.1) is 18.6 Å². The Labute approximate surface area is 175 Å². The first-order valence-electron chi connectivity index (χ1n) is 9.49. The smallest absolute Gasteiger partial charge is 0.220 e. The van der Waals surface area contributed by atoms with E-state index in [1.165, 1.54) is 6.07 Å². The maximum atomic E-state index is 13.6. The molecule has 1 amide bonds. The lowest BCUT2D eigenvalue weighted by atomic mass is 9.86. The summed E-state index contributed by atoms with van der Waals surface area (Å²) in [5.41, 5.74) is 2.33. The van der Waals surface area contributed by atoms with Crippen molar-refractivity contribution in [2.24, 2.45) is 0 Å². The van der Waals surface area contributed by atoms with Gasteiger partial charge in [-0.25, -0.2) is 8.78 Å². The highest BCUT2D eigenvalue weighted by molar-refractivity contribution is 5.98. The number of benzene rings is 2. The summed E-state index contributed by atoms with van der Waals surface area (Å²) in [6.07, 6.45) is 0.927. The lowest BCUT2D eigenvalue weighted by Gasteiger charge is -2.33. The highest BCUT2D eigenvalue weighted by Crippen LogP contribution is 2.27. The first-order valence-corrected chi connectivity index (χ1v) is 9.49. The average molecular weight is 423 g/mol. The Morgan fingerprint density at radius 2 is 1.79 bits per heavy atom. The zero-order chi connectivity index (χ0) is 20.1. The van der Waals surface area contributed by atoms with Crippen molar-refractivity contribution in [2.45, 2.75) is 38.1 Å². The summed E-state index contributed by atoms with van der Waals surface area (Å²) in [6.45, 7) is 3.23. The fourth-order valence-corrected chi connectivity index (χ4v) is 3.54. The molecule has 0 aromatic heterocycles. The molecule has 0 aliphatic carbocycles. The summed E-state index contributed by atoms with van der Waals surface area (Å²) >= 11 is 0. The number of piperidine rings is 1. The third-order valence-electron chi connectivity index (χ3n) is 5.15. The van der Waals surface area contributed by atoms with E-state index in [1.54, 1.807) is 18.2 Å². The molecule has 1 saturated heterocycles. The van der Waals surface area contributed by atoms with E-state index in [0.29, 0.717) is 24.1 Å². The fraction of sp³-hybridized carbons (Fsp3) is 0.364. The molecule has 2 aromatic rings. The van der Waals surface area contributed by atoms with Gasteiger partial charge >= 0.3 is 0 Å². The number of aryl methyl sites for hydroxylation is 1. The molecular weight excluding hydrogens is 398 g/mol. The first kappa shape index (κ1) is 23.0. The van der Waals surface area contributed by atoms with Crippen LogP contribution in [0.15, 0.2) is 42.5 Å². The van der Waals surface area contributed by atoms with Crippen molar-refractivity contribution in [1.82, 2.24) is 10.6 Å². The Bertz CT molecular complexity index is 858. The van der Waals surface area contributed by atoms with E-state index < -0.39 is 11.6 Å². The lowest BCUT2D eigenvalue weighted by molar-refractivity contribution is -0.122. The van der Waals surface area contributed by atoms with Crippen molar-refractivity contribution >= 4 is 24.1 Å². The first-order chi connectivity index (χ1) is 13.4. The molecule has 3 rings (SSSR count). The van der Waals surface area contributed by atoms with Crippen LogP contribution in [-0.2, 0) is 4.79 Å². The zero-order valence-electron chi connectivity index (χ0n) is 16.2. The average Bonchev–Trinajstić information content (AvgIpc) is 2.69. The number of carbonyl (C=O) groups excluding carboxylic acids is 2. The van der Waals surface area contributed by atoms with Crippen LogP contribution in [-0.4, -0.2) is 30.8 Å². The highest BCUT2D eigenvalue weighted by Gasteiger charge is 2.28. The molecule has 7 heteroatoms. The number of hydrogen-bond donors (Lipinski definition) is 2. The minimum atomic E-state index is -0.884. The highest BCUT2D eigenvalue weighted by atomic mass is 35.5. The van der Waals surface area contributed by atoms with E-state index in [1.807, 2.05) is 19.1 Å². The lowest BCUT2D eigenvalue weighted by Crippen LogP contribution is -2.50. The largest absolute Gasteiger partial charge is 0.351 e. The molecule has 29 heavy (non-hydrogen) atoms. The maximum Gasteiger partial charge on any atom is 0.220 e. The molecule has 2 aromatic carbocycles. The van der Waals surface area contributed by atoms with Gasteiger partial charge in [-0.2, -0.15) is 0 Å². The number of carbonyl (C=O) groups is 2. The van der Waals surface area contributed by atoms with Crippen molar-refractivity contribution in [3.63, 3.8) is 0 Å². The molecule has 0 bridgehead atoms. The Morgan fingerprint density at radius 1 is 1.07 bits per heavy atom. The number of nitrogens with one attached hydrogen (secondary N) is 2. The minimum absolute atomic E-state index is 0. The third kappa shape index (κ3) is 6.08. The number of amides is 1.